The zero-order valence-corrected chi connectivity index (χ0v) is 15.8. The van der Waals surface area contributed by atoms with Crippen LogP contribution in [-0.4, -0.2) is 43.4 Å². The summed E-state index contributed by atoms with van der Waals surface area (Å²) >= 11 is 0. The number of amides is 2. The molecule has 0 atom stereocenters. The summed E-state index contributed by atoms with van der Waals surface area (Å²) in [5, 5.41) is 5.49. The van der Waals surface area contributed by atoms with Crippen LogP contribution in [0.25, 0.3) is 0 Å². The number of likely N-dealkylation sites (tertiary alicyclic amines) is 1. The molecule has 2 aromatic rings. The molecule has 0 radical (unpaired) electrons. The molecule has 0 aliphatic carbocycles. The van der Waals surface area contributed by atoms with Gasteiger partial charge >= 0.3 is 0 Å². The summed E-state index contributed by atoms with van der Waals surface area (Å²) < 4.78 is 0. The van der Waals surface area contributed by atoms with Crippen LogP contribution in [0.4, 0.5) is 5.69 Å². The average Bonchev–Trinajstić information content (AvgIpc) is 2.70. The fourth-order valence-electron chi connectivity index (χ4n) is 3.58. The van der Waals surface area contributed by atoms with Gasteiger partial charge in [0, 0.05) is 18.3 Å². The van der Waals surface area contributed by atoms with Gasteiger partial charge in [0.15, 0.2) is 0 Å². The molecule has 0 saturated carbocycles. The lowest BCUT2D eigenvalue weighted by atomic mass is 9.90. The number of anilines is 1. The van der Waals surface area contributed by atoms with Gasteiger partial charge in [-0.25, -0.2) is 0 Å². The Morgan fingerprint density at radius 3 is 2.48 bits per heavy atom. The normalized spacial score (nSPS) is 15.3. The molecule has 142 valence electrons. The summed E-state index contributed by atoms with van der Waals surface area (Å²) in [6.45, 7) is 2.29. The molecule has 0 unspecified atom stereocenters. The average molecular weight is 365 g/mol. The number of carbonyl (C=O) groups excluding carboxylic acids is 2. The van der Waals surface area contributed by atoms with E-state index < -0.39 is 0 Å². The molecule has 5 heteroatoms. The van der Waals surface area contributed by atoms with Gasteiger partial charge in [-0.15, -0.1) is 0 Å². The number of hydrogen-bond donors (Lipinski definition) is 2. The summed E-state index contributed by atoms with van der Waals surface area (Å²) in [7, 11) is 1.59. The van der Waals surface area contributed by atoms with Crippen LogP contribution in [-0.2, 0) is 11.2 Å². The maximum absolute atomic E-state index is 12.4. The van der Waals surface area contributed by atoms with Crippen molar-refractivity contribution in [1.82, 2.24) is 10.2 Å². The number of rotatable bonds is 6. The fourth-order valence-corrected chi connectivity index (χ4v) is 3.58. The second-order valence-corrected chi connectivity index (χ2v) is 7.12. The SMILES string of the molecule is CNC(=O)c1cccc(NC(=O)CN2CCC(Cc3ccccc3)CC2)c1. The highest BCUT2D eigenvalue weighted by atomic mass is 16.2. The molecule has 1 aliphatic rings. The van der Waals surface area contributed by atoms with E-state index in [1.165, 1.54) is 5.56 Å². The maximum Gasteiger partial charge on any atom is 0.251 e. The molecule has 2 aromatic carbocycles. The van der Waals surface area contributed by atoms with Crippen LogP contribution in [0.2, 0.25) is 0 Å². The first-order valence-electron chi connectivity index (χ1n) is 9.52. The van der Waals surface area contributed by atoms with E-state index in [0.29, 0.717) is 23.7 Å². The monoisotopic (exact) mass is 365 g/mol. The maximum atomic E-state index is 12.4. The number of carbonyl (C=O) groups is 2. The molecule has 2 amide bonds. The van der Waals surface area contributed by atoms with E-state index in [1.54, 1.807) is 31.3 Å². The lowest BCUT2D eigenvalue weighted by Gasteiger charge is -2.31. The highest BCUT2D eigenvalue weighted by Gasteiger charge is 2.21. The van der Waals surface area contributed by atoms with Crippen LogP contribution in [0, 0.1) is 5.92 Å². The highest BCUT2D eigenvalue weighted by molar-refractivity contribution is 5.97. The Bertz CT molecular complexity index is 768. The first kappa shape index (κ1) is 19.1. The van der Waals surface area contributed by atoms with Gasteiger partial charge in [0.2, 0.25) is 5.91 Å². The third-order valence-electron chi connectivity index (χ3n) is 5.08. The predicted molar refractivity (Wildman–Crippen MR) is 108 cm³/mol. The molecule has 1 aliphatic heterocycles. The minimum Gasteiger partial charge on any atom is -0.355 e. The Morgan fingerprint density at radius 1 is 1.04 bits per heavy atom. The van der Waals surface area contributed by atoms with Gasteiger partial charge in [-0.3, -0.25) is 14.5 Å². The number of nitrogens with zero attached hydrogens (tertiary/aromatic N) is 1. The lowest BCUT2D eigenvalue weighted by molar-refractivity contribution is -0.117. The molecule has 1 fully saturated rings. The molecular formula is C22H27N3O2. The van der Waals surface area contributed by atoms with Crippen LogP contribution in [0.15, 0.2) is 54.6 Å². The predicted octanol–water partition coefficient (Wildman–Crippen LogP) is 2.94. The Kier molecular flexibility index (Phi) is 6.60. The number of piperidine rings is 1. The van der Waals surface area contributed by atoms with E-state index in [4.69, 9.17) is 0 Å². The molecular weight excluding hydrogens is 338 g/mol. The van der Waals surface area contributed by atoms with Crippen molar-refractivity contribution in [2.24, 2.45) is 5.92 Å². The molecule has 0 aromatic heterocycles. The van der Waals surface area contributed by atoms with Crippen LogP contribution < -0.4 is 10.6 Å². The smallest absolute Gasteiger partial charge is 0.251 e. The van der Waals surface area contributed by atoms with E-state index in [1.807, 2.05) is 0 Å². The molecule has 1 saturated heterocycles. The van der Waals surface area contributed by atoms with Crippen molar-refractivity contribution in [2.75, 3.05) is 32.0 Å². The number of hydrogen-bond acceptors (Lipinski definition) is 3. The van der Waals surface area contributed by atoms with Gasteiger partial charge in [-0.2, -0.15) is 0 Å². The molecule has 27 heavy (non-hydrogen) atoms. The molecule has 0 bridgehead atoms. The summed E-state index contributed by atoms with van der Waals surface area (Å²) in [5.41, 5.74) is 2.58. The van der Waals surface area contributed by atoms with Gasteiger partial charge in [0.1, 0.15) is 0 Å². The van der Waals surface area contributed by atoms with Gasteiger partial charge in [0.05, 0.1) is 6.54 Å². The van der Waals surface area contributed by atoms with Crippen molar-refractivity contribution in [3.05, 3.63) is 65.7 Å². The van der Waals surface area contributed by atoms with E-state index >= 15 is 0 Å². The van der Waals surface area contributed by atoms with Crippen LogP contribution in [0.1, 0.15) is 28.8 Å². The van der Waals surface area contributed by atoms with Gasteiger partial charge in [-0.05, 0) is 62.0 Å². The standard InChI is InChI=1S/C22H27N3O2/c1-23-22(27)19-8-5-9-20(15-19)24-21(26)16-25-12-10-18(11-13-25)14-17-6-3-2-4-7-17/h2-9,15,18H,10-14,16H2,1H3,(H,23,27)(H,24,26). The number of benzene rings is 2. The Hall–Kier alpha value is -2.66. The highest BCUT2D eigenvalue weighted by Crippen LogP contribution is 2.21. The lowest BCUT2D eigenvalue weighted by Crippen LogP contribution is -2.39. The second-order valence-electron chi connectivity index (χ2n) is 7.12. The molecule has 1 heterocycles. The fraction of sp³-hybridized carbons (Fsp3) is 0.364. The topological polar surface area (TPSA) is 61.4 Å². The van der Waals surface area contributed by atoms with Crippen LogP contribution >= 0.6 is 0 Å². The van der Waals surface area contributed by atoms with Crippen molar-refractivity contribution in [1.29, 1.82) is 0 Å². The van der Waals surface area contributed by atoms with E-state index in [-0.39, 0.29) is 11.8 Å². The zero-order valence-electron chi connectivity index (χ0n) is 15.8. The van der Waals surface area contributed by atoms with E-state index in [2.05, 4.69) is 45.9 Å². The third kappa shape index (κ3) is 5.66. The Balaban J connectivity index is 1.45. The van der Waals surface area contributed by atoms with E-state index in [9.17, 15) is 9.59 Å². The second kappa shape index (κ2) is 9.33. The minimum absolute atomic E-state index is 0.0365. The Morgan fingerprint density at radius 2 is 1.78 bits per heavy atom. The van der Waals surface area contributed by atoms with Gasteiger partial charge in [0.25, 0.3) is 5.91 Å². The van der Waals surface area contributed by atoms with Crippen molar-refractivity contribution < 1.29 is 9.59 Å². The minimum atomic E-state index is -0.161. The van der Waals surface area contributed by atoms with Gasteiger partial charge < -0.3 is 10.6 Å². The summed E-state index contributed by atoms with van der Waals surface area (Å²) in [5.74, 6) is 0.494. The molecule has 3 rings (SSSR count). The van der Waals surface area contributed by atoms with Crippen LogP contribution in [0.5, 0.6) is 0 Å². The van der Waals surface area contributed by atoms with Crippen molar-refractivity contribution >= 4 is 17.5 Å². The first-order valence-corrected chi connectivity index (χ1v) is 9.52. The first-order chi connectivity index (χ1) is 13.1. The quantitative estimate of drug-likeness (QED) is 0.827. The molecule has 5 nitrogen and oxygen atoms in total. The summed E-state index contributed by atoms with van der Waals surface area (Å²) in [6.07, 6.45) is 3.36. The van der Waals surface area contributed by atoms with Crippen molar-refractivity contribution in [3.63, 3.8) is 0 Å². The Labute approximate surface area is 160 Å². The number of nitrogens with one attached hydrogen (secondary N) is 2. The van der Waals surface area contributed by atoms with Crippen molar-refractivity contribution in [2.45, 2.75) is 19.3 Å². The summed E-state index contributed by atoms with van der Waals surface area (Å²) in [6, 6.07) is 17.6. The van der Waals surface area contributed by atoms with Gasteiger partial charge in [-0.1, -0.05) is 36.4 Å². The summed E-state index contributed by atoms with van der Waals surface area (Å²) in [4.78, 5) is 26.3. The third-order valence-corrected chi connectivity index (χ3v) is 5.08. The zero-order chi connectivity index (χ0) is 19.1. The molecule has 2 N–H and O–H groups in total. The van der Waals surface area contributed by atoms with Crippen LogP contribution in [0.3, 0.4) is 0 Å². The van der Waals surface area contributed by atoms with Crippen molar-refractivity contribution in [3.8, 4) is 0 Å². The van der Waals surface area contributed by atoms with E-state index in [0.717, 1.165) is 32.4 Å². The largest absolute Gasteiger partial charge is 0.355 e. The molecule has 0 spiro atoms.